The molecule has 3 rings (SSSR count). The summed E-state index contributed by atoms with van der Waals surface area (Å²) in [6.45, 7) is 2.21. The highest BCUT2D eigenvalue weighted by Gasteiger charge is 2.23. The van der Waals surface area contributed by atoms with E-state index in [1.807, 2.05) is 30.3 Å². The molecule has 7 nitrogen and oxygen atoms in total. The first kappa shape index (κ1) is 19.9. The van der Waals surface area contributed by atoms with Crippen molar-refractivity contribution < 1.29 is 19.0 Å². The molecule has 0 saturated carbocycles. The van der Waals surface area contributed by atoms with Gasteiger partial charge >= 0.3 is 6.03 Å². The van der Waals surface area contributed by atoms with Crippen LogP contribution in [0.2, 0.25) is 0 Å². The van der Waals surface area contributed by atoms with Crippen LogP contribution in [0.1, 0.15) is 24.0 Å². The van der Waals surface area contributed by atoms with Crippen LogP contribution in [0.5, 0.6) is 11.5 Å². The van der Waals surface area contributed by atoms with Crippen molar-refractivity contribution in [3.05, 3.63) is 53.9 Å². The third kappa shape index (κ3) is 5.36. The molecule has 7 heteroatoms. The van der Waals surface area contributed by atoms with Gasteiger partial charge < -0.3 is 24.4 Å². The number of nitrogens with zero attached hydrogens (tertiary/aromatic N) is 2. The van der Waals surface area contributed by atoms with Crippen molar-refractivity contribution in [3.63, 3.8) is 0 Å². The van der Waals surface area contributed by atoms with E-state index in [-0.39, 0.29) is 12.1 Å². The number of carbonyl (C=O) groups excluding carboxylic acids is 1. The van der Waals surface area contributed by atoms with Crippen LogP contribution in [0.3, 0.4) is 0 Å². The Bertz CT molecular complexity index is 764. The molecule has 2 amide bonds. The van der Waals surface area contributed by atoms with Crippen LogP contribution in [0, 0.1) is 0 Å². The molecule has 1 aliphatic rings. The molecule has 28 heavy (non-hydrogen) atoms. The highest BCUT2D eigenvalue weighted by molar-refractivity contribution is 5.74. The lowest BCUT2D eigenvalue weighted by Gasteiger charge is -2.26. The van der Waals surface area contributed by atoms with Crippen molar-refractivity contribution in [2.75, 3.05) is 27.4 Å². The lowest BCUT2D eigenvalue weighted by atomic mass is 10.2. The van der Waals surface area contributed by atoms with Gasteiger partial charge in [-0.3, -0.25) is 4.98 Å². The van der Waals surface area contributed by atoms with Crippen molar-refractivity contribution in [2.24, 2.45) is 0 Å². The molecule has 1 aliphatic heterocycles. The summed E-state index contributed by atoms with van der Waals surface area (Å²) in [7, 11) is 3.19. The number of hydrogen-bond acceptors (Lipinski definition) is 5. The van der Waals surface area contributed by atoms with Gasteiger partial charge in [0.15, 0.2) is 11.5 Å². The second-order valence-electron chi connectivity index (χ2n) is 6.72. The Balaban J connectivity index is 1.64. The smallest absolute Gasteiger partial charge is 0.318 e. The lowest BCUT2D eigenvalue weighted by molar-refractivity contribution is 0.0794. The van der Waals surface area contributed by atoms with E-state index in [0.29, 0.717) is 31.1 Å². The first-order valence-corrected chi connectivity index (χ1v) is 9.43. The van der Waals surface area contributed by atoms with Gasteiger partial charge in [0.2, 0.25) is 0 Å². The molecule has 1 aromatic heterocycles. The Kier molecular flexibility index (Phi) is 7.08. The highest BCUT2D eigenvalue weighted by Crippen LogP contribution is 2.27. The second-order valence-corrected chi connectivity index (χ2v) is 6.72. The minimum atomic E-state index is -0.130. The first-order chi connectivity index (χ1) is 13.7. The molecule has 1 atom stereocenters. The van der Waals surface area contributed by atoms with E-state index >= 15 is 0 Å². The molecule has 0 aliphatic carbocycles. The number of ether oxygens (including phenoxy) is 3. The number of nitrogens with one attached hydrogen (secondary N) is 1. The van der Waals surface area contributed by atoms with Crippen LogP contribution in [0.25, 0.3) is 0 Å². The molecule has 1 fully saturated rings. The summed E-state index contributed by atoms with van der Waals surface area (Å²) in [6, 6.07) is 9.32. The largest absolute Gasteiger partial charge is 0.493 e. The third-order valence-corrected chi connectivity index (χ3v) is 4.72. The van der Waals surface area contributed by atoms with E-state index < -0.39 is 0 Å². The number of urea groups is 1. The van der Waals surface area contributed by atoms with Gasteiger partial charge in [0, 0.05) is 38.6 Å². The summed E-state index contributed by atoms with van der Waals surface area (Å²) in [5.74, 6) is 1.30. The molecule has 2 aromatic rings. The summed E-state index contributed by atoms with van der Waals surface area (Å²) in [4.78, 5) is 18.8. The summed E-state index contributed by atoms with van der Waals surface area (Å²) in [5, 5.41) is 3.00. The van der Waals surface area contributed by atoms with Crippen molar-refractivity contribution >= 4 is 6.03 Å². The number of hydrogen-bond donors (Lipinski definition) is 1. The lowest BCUT2D eigenvalue weighted by Crippen LogP contribution is -2.43. The molecule has 1 unspecified atom stereocenters. The zero-order chi connectivity index (χ0) is 19.8. The summed E-state index contributed by atoms with van der Waals surface area (Å²) >= 11 is 0. The van der Waals surface area contributed by atoms with Crippen molar-refractivity contribution in [1.82, 2.24) is 15.2 Å². The fourth-order valence-corrected chi connectivity index (χ4v) is 3.25. The van der Waals surface area contributed by atoms with Gasteiger partial charge in [0.05, 0.1) is 20.3 Å². The molecular weight excluding hydrogens is 358 g/mol. The summed E-state index contributed by atoms with van der Waals surface area (Å²) in [6.07, 6.45) is 5.61. The number of methoxy groups -OCH3 is 2. The summed E-state index contributed by atoms with van der Waals surface area (Å²) < 4.78 is 16.3. The summed E-state index contributed by atoms with van der Waals surface area (Å²) in [5.41, 5.74) is 1.92. The van der Waals surface area contributed by atoms with Crippen molar-refractivity contribution in [3.8, 4) is 11.5 Å². The van der Waals surface area contributed by atoms with Crippen LogP contribution in [0.15, 0.2) is 42.7 Å². The molecule has 150 valence electrons. The molecular formula is C21H27N3O4. The van der Waals surface area contributed by atoms with E-state index in [0.717, 1.165) is 30.6 Å². The maximum Gasteiger partial charge on any atom is 0.318 e. The predicted molar refractivity (Wildman–Crippen MR) is 105 cm³/mol. The number of pyridine rings is 1. The number of rotatable bonds is 8. The maximum absolute atomic E-state index is 12.9. The van der Waals surface area contributed by atoms with Gasteiger partial charge in [-0.25, -0.2) is 4.79 Å². The van der Waals surface area contributed by atoms with Crippen LogP contribution in [0.4, 0.5) is 4.79 Å². The Morgan fingerprint density at radius 3 is 2.79 bits per heavy atom. The average molecular weight is 385 g/mol. The van der Waals surface area contributed by atoms with Crippen LogP contribution in [-0.2, 0) is 17.8 Å². The van der Waals surface area contributed by atoms with Crippen molar-refractivity contribution in [2.45, 2.75) is 32.0 Å². The number of benzene rings is 1. The maximum atomic E-state index is 12.9. The van der Waals surface area contributed by atoms with E-state index in [4.69, 9.17) is 14.2 Å². The molecule has 0 bridgehead atoms. The van der Waals surface area contributed by atoms with Gasteiger partial charge in [-0.1, -0.05) is 12.1 Å². The Morgan fingerprint density at radius 2 is 2.11 bits per heavy atom. The van der Waals surface area contributed by atoms with Gasteiger partial charge in [-0.05, 0) is 42.2 Å². The zero-order valence-corrected chi connectivity index (χ0v) is 16.4. The van der Waals surface area contributed by atoms with Crippen LogP contribution < -0.4 is 14.8 Å². The standard InChI is InChI=1S/C21H27N3O4/c1-26-19-8-7-16(11-20(19)27-2)13-23-21(25)24(15-18-6-4-10-28-18)14-17-5-3-9-22-12-17/h3,5,7-9,11-12,18H,4,6,10,13-15H2,1-2H3,(H,23,25). The molecule has 2 heterocycles. The zero-order valence-electron chi connectivity index (χ0n) is 16.4. The van der Waals surface area contributed by atoms with E-state index in [2.05, 4.69) is 10.3 Å². The van der Waals surface area contributed by atoms with E-state index in [9.17, 15) is 4.79 Å². The third-order valence-electron chi connectivity index (χ3n) is 4.72. The van der Waals surface area contributed by atoms with Gasteiger partial charge in [0.1, 0.15) is 0 Å². The molecule has 0 radical (unpaired) electrons. The molecule has 1 N–H and O–H groups in total. The topological polar surface area (TPSA) is 72.9 Å². The minimum absolute atomic E-state index is 0.0866. The first-order valence-electron chi connectivity index (χ1n) is 9.43. The fourth-order valence-electron chi connectivity index (χ4n) is 3.25. The number of carbonyl (C=O) groups is 1. The van der Waals surface area contributed by atoms with Crippen molar-refractivity contribution in [1.29, 1.82) is 0 Å². The van der Waals surface area contributed by atoms with Gasteiger partial charge in [-0.15, -0.1) is 0 Å². The molecule has 1 saturated heterocycles. The van der Waals surface area contributed by atoms with Gasteiger partial charge in [-0.2, -0.15) is 0 Å². The normalized spacial score (nSPS) is 15.9. The van der Waals surface area contributed by atoms with Gasteiger partial charge in [0.25, 0.3) is 0 Å². The van der Waals surface area contributed by atoms with E-state index in [1.54, 1.807) is 31.5 Å². The van der Waals surface area contributed by atoms with Crippen LogP contribution in [-0.4, -0.2) is 49.4 Å². The fraction of sp³-hybridized carbons (Fsp3) is 0.429. The highest BCUT2D eigenvalue weighted by atomic mass is 16.5. The average Bonchev–Trinajstić information content (AvgIpc) is 3.25. The molecule has 0 spiro atoms. The monoisotopic (exact) mass is 385 g/mol. The Labute approximate surface area is 165 Å². The number of aromatic nitrogens is 1. The molecule has 1 aromatic carbocycles. The Hall–Kier alpha value is -2.80. The SMILES string of the molecule is COc1ccc(CNC(=O)N(Cc2cccnc2)CC2CCCO2)cc1OC. The van der Waals surface area contributed by atoms with E-state index in [1.165, 1.54) is 0 Å². The quantitative estimate of drug-likeness (QED) is 0.756. The Morgan fingerprint density at radius 1 is 1.25 bits per heavy atom. The van der Waals surface area contributed by atoms with Crippen LogP contribution >= 0.6 is 0 Å². The number of amides is 2. The minimum Gasteiger partial charge on any atom is -0.493 e. The second kappa shape index (κ2) is 9.94. The predicted octanol–water partition coefficient (Wildman–Crippen LogP) is 2.99.